The molecule has 2 aromatic rings. The lowest BCUT2D eigenvalue weighted by atomic mass is 10.0. The maximum Gasteiger partial charge on any atom is 0.310 e. The predicted octanol–water partition coefficient (Wildman–Crippen LogP) is 5.50. The number of rotatable bonds is 8. The Hall–Kier alpha value is -2.03. The first-order chi connectivity index (χ1) is 14.7. The van der Waals surface area contributed by atoms with Gasteiger partial charge in [-0.05, 0) is 87.7 Å². The smallest absolute Gasteiger partial charge is 0.310 e. The fraction of sp³-hybridized carbons (Fsp3) is 0.261. The number of fused-ring (bicyclic) bond motifs is 1. The van der Waals surface area contributed by atoms with Crippen molar-refractivity contribution in [2.24, 2.45) is 0 Å². The molecule has 2 aromatic carbocycles. The van der Waals surface area contributed by atoms with Crippen molar-refractivity contribution in [1.29, 1.82) is 0 Å². The van der Waals surface area contributed by atoms with Crippen LogP contribution in [0.5, 0.6) is 0 Å². The summed E-state index contributed by atoms with van der Waals surface area (Å²) in [6, 6.07) is 12.7. The second-order valence-corrected chi connectivity index (χ2v) is 12.5. The summed E-state index contributed by atoms with van der Waals surface area (Å²) in [6.45, 7) is 1.92. The molecule has 0 N–H and O–H groups in total. The third-order valence-corrected chi connectivity index (χ3v) is 8.13. The molecule has 0 radical (unpaired) electrons. The first-order valence-electron chi connectivity index (χ1n) is 9.54. The number of halogens is 1. The Morgan fingerprint density at radius 1 is 1.13 bits per heavy atom. The van der Waals surface area contributed by atoms with Gasteiger partial charge in [-0.2, -0.15) is 0 Å². The monoisotopic (exact) mass is 478 g/mol. The van der Waals surface area contributed by atoms with Gasteiger partial charge >= 0.3 is 5.97 Å². The van der Waals surface area contributed by atoms with Crippen molar-refractivity contribution in [3.05, 3.63) is 70.5 Å². The van der Waals surface area contributed by atoms with Gasteiger partial charge in [-0.1, -0.05) is 18.2 Å². The highest BCUT2D eigenvalue weighted by Gasteiger charge is 2.26. The summed E-state index contributed by atoms with van der Waals surface area (Å²) in [4.78, 5) is 13.5. The highest BCUT2D eigenvalue weighted by atomic mass is 33.1. The Morgan fingerprint density at radius 2 is 1.84 bits per heavy atom. The summed E-state index contributed by atoms with van der Waals surface area (Å²) in [6.07, 6.45) is 5.17. The largest absolute Gasteiger partial charge is 0.465 e. The second kappa shape index (κ2) is 10.1. The first-order valence-corrected chi connectivity index (χ1v) is 14.2. The summed E-state index contributed by atoms with van der Waals surface area (Å²) in [7, 11) is -2.44. The van der Waals surface area contributed by atoms with Crippen LogP contribution in [-0.4, -0.2) is 39.3 Å². The van der Waals surface area contributed by atoms with Crippen molar-refractivity contribution >= 4 is 54.6 Å². The number of benzene rings is 2. The maximum atomic E-state index is 14.0. The van der Waals surface area contributed by atoms with Gasteiger partial charge in [0, 0.05) is 16.9 Å². The summed E-state index contributed by atoms with van der Waals surface area (Å²) in [5, 5.41) is 0. The van der Waals surface area contributed by atoms with E-state index in [1.807, 2.05) is 43.5 Å². The average molecular weight is 479 g/mol. The molecule has 0 spiro atoms. The van der Waals surface area contributed by atoms with Gasteiger partial charge in [0.05, 0.1) is 6.42 Å². The summed E-state index contributed by atoms with van der Waals surface area (Å²) >= 11 is 1.67. The van der Waals surface area contributed by atoms with Gasteiger partial charge in [0.15, 0.2) is 8.87 Å². The number of carbonyl (C=O) groups is 1. The number of esters is 1. The highest BCUT2D eigenvalue weighted by molar-refractivity contribution is 8.71. The summed E-state index contributed by atoms with van der Waals surface area (Å²) in [5.41, 5.74) is 5.15. The van der Waals surface area contributed by atoms with Crippen LogP contribution in [0.4, 0.5) is 4.39 Å². The van der Waals surface area contributed by atoms with Crippen molar-refractivity contribution in [3.8, 4) is 0 Å². The van der Waals surface area contributed by atoms with Crippen molar-refractivity contribution in [2.45, 2.75) is 18.2 Å². The Balaban J connectivity index is 1.84. The molecule has 0 aromatic heterocycles. The Kier molecular flexibility index (Phi) is 7.67. The van der Waals surface area contributed by atoms with E-state index in [0.717, 1.165) is 44.9 Å². The van der Waals surface area contributed by atoms with Crippen LogP contribution in [0.1, 0.15) is 30.0 Å². The molecule has 31 heavy (non-hydrogen) atoms. The van der Waals surface area contributed by atoms with Gasteiger partial charge < -0.3 is 4.74 Å². The highest BCUT2D eigenvalue weighted by Crippen LogP contribution is 2.44. The number of allylic oxidation sites excluding steroid dienone is 2. The third kappa shape index (κ3) is 6.24. The number of hydrogen-bond donors (Lipinski definition) is 0. The van der Waals surface area contributed by atoms with Gasteiger partial charge in [-0.25, -0.2) is 12.8 Å². The Labute approximate surface area is 190 Å². The van der Waals surface area contributed by atoms with Crippen molar-refractivity contribution < 1.29 is 22.3 Å². The van der Waals surface area contributed by atoms with Crippen LogP contribution < -0.4 is 0 Å². The van der Waals surface area contributed by atoms with E-state index in [-0.39, 0.29) is 24.6 Å². The first kappa shape index (κ1) is 23.6. The number of hydrogen-bond acceptors (Lipinski definition) is 6. The summed E-state index contributed by atoms with van der Waals surface area (Å²) < 4.78 is 41.5. The quantitative estimate of drug-likeness (QED) is 0.216. The van der Waals surface area contributed by atoms with Crippen molar-refractivity contribution in [3.63, 3.8) is 0 Å². The van der Waals surface area contributed by atoms with Crippen LogP contribution >= 0.6 is 22.6 Å². The molecule has 0 unspecified atom stereocenters. The topological polar surface area (TPSA) is 60.4 Å². The second-order valence-electron chi connectivity index (χ2n) is 7.05. The average Bonchev–Trinajstić information content (AvgIpc) is 2.96. The van der Waals surface area contributed by atoms with E-state index in [4.69, 9.17) is 4.74 Å². The fourth-order valence-electron chi connectivity index (χ4n) is 3.38. The van der Waals surface area contributed by atoms with E-state index in [2.05, 4.69) is 0 Å². The lowest BCUT2D eigenvalue weighted by Gasteiger charge is -2.07. The van der Waals surface area contributed by atoms with Crippen molar-refractivity contribution in [1.82, 2.24) is 0 Å². The third-order valence-electron chi connectivity index (χ3n) is 4.85. The molecule has 0 fully saturated rings. The normalized spacial score (nSPS) is 14.8. The molecule has 0 saturated heterocycles. The molecule has 1 aliphatic carbocycles. The molecule has 0 aliphatic heterocycles. The van der Waals surface area contributed by atoms with Crippen LogP contribution in [-0.2, 0) is 18.4 Å². The van der Waals surface area contributed by atoms with Crippen LogP contribution in [0.25, 0.3) is 17.2 Å². The van der Waals surface area contributed by atoms with Crippen LogP contribution in [0.2, 0.25) is 0 Å². The molecular formula is C23H23FO4S3. The lowest BCUT2D eigenvalue weighted by Crippen LogP contribution is -2.09. The maximum absolute atomic E-state index is 14.0. The van der Waals surface area contributed by atoms with E-state index in [1.165, 1.54) is 17.0 Å². The predicted molar refractivity (Wildman–Crippen MR) is 128 cm³/mol. The zero-order valence-electron chi connectivity index (χ0n) is 17.5. The zero-order valence-corrected chi connectivity index (χ0v) is 19.9. The Bertz CT molecular complexity index is 1150. The van der Waals surface area contributed by atoms with E-state index in [1.54, 1.807) is 17.8 Å². The van der Waals surface area contributed by atoms with Crippen molar-refractivity contribution in [2.75, 3.05) is 24.9 Å². The minimum Gasteiger partial charge on any atom is -0.465 e. The van der Waals surface area contributed by atoms with Crippen LogP contribution in [0.3, 0.4) is 0 Å². The SMILES string of the molecule is CSc1ccc(/C=C2/C(C)=C(CC(=O)OCCSS(C)(=O)=O)c3cc(F)ccc32)cc1. The molecule has 4 nitrogen and oxygen atoms in total. The number of thioether (sulfide) groups is 1. The lowest BCUT2D eigenvalue weighted by molar-refractivity contribution is -0.141. The van der Waals surface area contributed by atoms with E-state index >= 15 is 0 Å². The molecule has 8 heteroatoms. The number of ether oxygens (including phenoxy) is 1. The van der Waals surface area contributed by atoms with Gasteiger partial charge in [-0.3, -0.25) is 4.79 Å². The van der Waals surface area contributed by atoms with E-state index in [9.17, 15) is 17.6 Å². The number of carbonyl (C=O) groups excluding carboxylic acids is 1. The van der Waals surface area contributed by atoms with E-state index in [0.29, 0.717) is 5.56 Å². The van der Waals surface area contributed by atoms with Gasteiger partial charge in [0.25, 0.3) is 0 Å². The zero-order chi connectivity index (χ0) is 22.6. The molecule has 0 amide bonds. The molecule has 0 atom stereocenters. The Morgan fingerprint density at radius 3 is 2.48 bits per heavy atom. The molecule has 0 bridgehead atoms. The molecule has 0 heterocycles. The van der Waals surface area contributed by atoms with Crippen LogP contribution in [0.15, 0.2) is 52.9 Å². The van der Waals surface area contributed by atoms with Crippen LogP contribution in [0, 0.1) is 5.82 Å². The molecule has 3 rings (SSSR count). The standard InChI is InChI=1S/C23H23FO4S3/c1-15-20(12-16-4-7-18(29-2)8-5-16)19-9-6-17(24)13-22(19)21(15)14-23(25)28-10-11-30-31(3,26)27/h4-9,12-13H,10-11,14H2,1-3H3/b20-12-. The van der Waals surface area contributed by atoms with Gasteiger partial charge in [0.1, 0.15) is 12.4 Å². The minimum absolute atomic E-state index is 0.00336. The molecule has 0 saturated carbocycles. The molecule has 164 valence electrons. The van der Waals surface area contributed by atoms with Gasteiger partial charge in [-0.15, -0.1) is 11.8 Å². The van der Waals surface area contributed by atoms with E-state index < -0.39 is 14.8 Å². The minimum atomic E-state index is -3.17. The summed E-state index contributed by atoms with van der Waals surface area (Å²) in [5.74, 6) is -0.665. The molecular weight excluding hydrogens is 455 g/mol. The fourth-order valence-corrected chi connectivity index (χ4v) is 5.36. The van der Waals surface area contributed by atoms with Gasteiger partial charge in [0.2, 0.25) is 0 Å². The molecule has 1 aliphatic rings.